The molecule has 0 saturated carbocycles. The van der Waals surface area contributed by atoms with Crippen molar-refractivity contribution >= 4 is 5.96 Å². The van der Waals surface area contributed by atoms with Crippen LogP contribution in [0.5, 0.6) is 0 Å². The molecule has 1 aliphatic rings. The molecule has 0 atom stereocenters. The van der Waals surface area contributed by atoms with Crippen LogP contribution in [0.2, 0.25) is 0 Å². The molecular formula is C18H25N5. The second-order valence-electron chi connectivity index (χ2n) is 6.13. The monoisotopic (exact) mass is 311 g/mol. The van der Waals surface area contributed by atoms with Crippen LogP contribution in [-0.2, 0) is 13.1 Å². The van der Waals surface area contributed by atoms with E-state index in [-0.39, 0.29) is 0 Å². The van der Waals surface area contributed by atoms with E-state index in [1.165, 1.54) is 36.8 Å². The first kappa shape index (κ1) is 15.6. The number of guanidine groups is 1. The summed E-state index contributed by atoms with van der Waals surface area (Å²) in [7, 11) is 0. The Kier molecular flexibility index (Phi) is 5.29. The van der Waals surface area contributed by atoms with E-state index in [0.717, 1.165) is 19.6 Å². The second kappa shape index (κ2) is 7.81. The molecule has 5 heteroatoms. The Hall–Kier alpha value is -2.30. The fraction of sp³-hybridized carbons (Fsp3) is 0.444. The largest absolute Gasteiger partial charge is 0.370 e. The van der Waals surface area contributed by atoms with Crippen molar-refractivity contribution in [3.05, 3.63) is 54.1 Å². The molecule has 0 aliphatic carbocycles. The first-order chi connectivity index (χ1) is 11.3. The molecule has 1 aliphatic heterocycles. The third-order valence-electron chi connectivity index (χ3n) is 4.27. The summed E-state index contributed by atoms with van der Waals surface area (Å²) in [6.45, 7) is 3.55. The number of hydrogen-bond acceptors (Lipinski definition) is 2. The summed E-state index contributed by atoms with van der Waals surface area (Å²) >= 11 is 0. The lowest BCUT2D eigenvalue weighted by atomic mass is 10.1. The lowest BCUT2D eigenvalue weighted by Crippen LogP contribution is -2.38. The van der Waals surface area contributed by atoms with Gasteiger partial charge in [0.25, 0.3) is 0 Å². The van der Waals surface area contributed by atoms with Gasteiger partial charge in [0.2, 0.25) is 0 Å². The minimum absolute atomic E-state index is 0.639. The molecule has 0 amide bonds. The summed E-state index contributed by atoms with van der Waals surface area (Å²) in [6, 6.07) is 8.51. The first-order valence-corrected chi connectivity index (χ1v) is 8.40. The summed E-state index contributed by atoms with van der Waals surface area (Å²) in [5.74, 6) is 0.687. The highest BCUT2D eigenvalue weighted by Crippen LogP contribution is 2.11. The number of likely N-dealkylation sites (tertiary alicyclic amines) is 1. The average Bonchev–Trinajstić information content (AvgIpc) is 2.92. The van der Waals surface area contributed by atoms with Gasteiger partial charge in [-0.25, -0.2) is 9.98 Å². The van der Waals surface area contributed by atoms with Crippen LogP contribution >= 0.6 is 0 Å². The lowest BCUT2D eigenvalue weighted by molar-refractivity contribution is 0.428. The van der Waals surface area contributed by atoms with Crippen molar-refractivity contribution in [2.24, 2.45) is 10.7 Å². The minimum Gasteiger partial charge on any atom is -0.370 e. The van der Waals surface area contributed by atoms with Gasteiger partial charge in [0.1, 0.15) is 0 Å². The zero-order valence-corrected chi connectivity index (χ0v) is 13.6. The number of hydrogen-bond donors (Lipinski definition) is 1. The fourth-order valence-electron chi connectivity index (χ4n) is 2.99. The zero-order chi connectivity index (χ0) is 15.9. The minimum atomic E-state index is 0.639. The molecule has 1 aromatic carbocycles. The van der Waals surface area contributed by atoms with Gasteiger partial charge in [-0.2, -0.15) is 0 Å². The van der Waals surface area contributed by atoms with E-state index in [0.29, 0.717) is 12.5 Å². The Morgan fingerprint density at radius 3 is 2.65 bits per heavy atom. The van der Waals surface area contributed by atoms with Crippen molar-refractivity contribution in [1.82, 2.24) is 14.5 Å². The van der Waals surface area contributed by atoms with E-state index >= 15 is 0 Å². The Labute approximate surface area is 137 Å². The van der Waals surface area contributed by atoms with Crippen LogP contribution in [-0.4, -0.2) is 33.5 Å². The highest BCUT2D eigenvalue weighted by Gasteiger charge is 2.10. The number of rotatable bonds is 4. The van der Waals surface area contributed by atoms with E-state index in [9.17, 15) is 0 Å². The SMILES string of the molecule is NC(=NCc1cccc(Cn2ccnc2)c1)N1CCCCCC1. The Morgan fingerprint density at radius 1 is 1.13 bits per heavy atom. The average molecular weight is 311 g/mol. The van der Waals surface area contributed by atoms with Gasteiger partial charge in [0.05, 0.1) is 12.9 Å². The van der Waals surface area contributed by atoms with Crippen LogP contribution in [0.15, 0.2) is 48.0 Å². The lowest BCUT2D eigenvalue weighted by Gasteiger charge is -2.21. The molecule has 0 spiro atoms. The molecular weight excluding hydrogens is 286 g/mol. The third-order valence-corrected chi connectivity index (χ3v) is 4.27. The van der Waals surface area contributed by atoms with E-state index in [1.54, 1.807) is 6.20 Å². The standard InChI is InChI=1S/C18H25N5/c19-18(23-9-3-1-2-4-10-23)21-13-16-6-5-7-17(12-16)14-22-11-8-20-15-22/h5-8,11-12,15H,1-4,9-10,13-14H2,(H2,19,21). The van der Waals surface area contributed by atoms with E-state index in [1.807, 2.05) is 12.5 Å². The Bertz CT molecular complexity index is 625. The van der Waals surface area contributed by atoms with Gasteiger partial charge in [0.15, 0.2) is 5.96 Å². The molecule has 1 saturated heterocycles. The number of nitrogens with two attached hydrogens (primary N) is 1. The van der Waals surface area contributed by atoms with Crippen LogP contribution < -0.4 is 5.73 Å². The van der Waals surface area contributed by atoms with Crippen molar-refractivity contribution in [3.8, 4) is 0 Å². The molecule has 0 bridgehead atoms. The van der Waals surface area contributed by atoms with E-state index < -0.39 is 0 Å². The molecule has 0 unspecified atom stereocenters. The van der Waals surface area contributed by atoms with Crippen LogP contribution in [0.1, 0.15) is 36.8 Å². The number of nitrogens with zero attached hydrogens (tertiary/aromatic N) is 4. The maximum atomic E-state index is 6.18. The molecule has 122 valence electrons. The normalized spacial score (nSPS) is 16.3. The summed E-state index contributed by atoms with van der Waals surface area (Å²) < 4.78 is 2.06. The highest BCUT2D eigenvalue weighted by atomic mass is 15.2. The quantitative estimate of drug-likeness (QED) is 0.697. The van der Waals surface area contributed by atoms with Gasteiger partial charge in [-0.05, 0) is 24.0 Å². The molecule has 0 radical (unpaired) electrons. The predicted molar refractivity (Wildman–Crippen MR) is 93.1 cm³/mol. The maximum Gasteiger partial charge on any atom is 0.191 e. The Morgan fingerprint density at radius 2 is 1.91 bits per heavy atom. The maximum absolute atomic E-state index is 6.18. The summed E-state index contributed by atoms with van der Waals surface area (Å²) in [5, 5.41) is 0. The van der Waals surface area contributed by atoms with Crippen molar-refractivity contribution in [1.29, 1.82) is 0 Å². The van der Waals surface area contributed by atoms with Crippen LogP contribution in [0.4, 0.5) is 0 Å². The van der Waals surface area contributed by atoms with Gasteiger partial charge in [-0.15, -0.1) is 0 Å². The summed E-state index contributed by atoms with van der Waals surface area (Å²) in [4.78, 5) is 10.9. The van der Waals surface area contributed by atoms with Gasteiger partial charge < -0.3 is 15.2 Å². The van der Waals surface area contributed by atoms with Crippen molar-refractivity contribution in [2.75, 3.05) is 13.1 Å². The van der Waals surface area contributed by atoms with Crippen molar-refractivity contribution in [2.45, 2.75) is 38.8 Å². The van der Waals surface area contributed by atoms with Gasteiger partial charge in [-0.1, -0.05) is 37.1 Å². The number of benzene rings is 1. The van der Waals surface area contributed by atoms with E-state index in [4.69, 9.17) is 5.73 Å². The number of imidazole rings is 1. The predicted octanol–water partition coefficient (Wildman–Crippen LogP) is 2.62. The van der Waals surface area contributed by atoms with Crippen LogP contribution in [0.25, 0.3) is 0 Å². The number of aliphatic imine (C=N–C) groups is 1. The van der Waals surface area contributed by atoms with E-state index in [2.05, 4.69) is 43.7 Å². The van der Waals surface area contributed by atoms with Crippen LogP contribution in [0.3, 0.4) is 0 Å². The third kappa shape index (κ3) is 4.58. The van der Waals surface area contributed by atoms with Gasteiger partial charge >= 0.3 is 0 Å². The van der Waals surface area contributed by atoms with Crippen LogP contribution in [0, 0.1) is 0 Å². The smallest absolute Gasteiger partial charge is 0.191 e. The topological polar surface area (TPSA) is 59.4 Å². The highest BCUT2D eigenvalue weighted by molar-refractivity contribution is 5.78. The Balaban J connectivity index is 1.61. The summed E-state index contributed by atoms with van der Waals surface area (Å²) in [5.41, 5.74) is 8.63. The van der Waals surface area contributed by atoms with Crippen molar-refractivity contribution < 1.29 is 0 Å². The second-order valence-corrected chi connectivity index (χ2v) is 6.13. The molecule has 23 heavy (non-hydrogen) atoms. The molecule has 3 rings (SSSR count). The zero-order valence-electron chi connectivity index (χ0n) is 13.6. The molecule has 2 aromatic rings. The molecule has 2 N–H and O–H groups in total. The first-order valence-electron chi connectivity index (χ1n) is 8.40. The molecule has 5 nitrogen and oxygen atoms in total. The van der Waals surface area contributed by atoms with Crippen molar-refractivity contribution in [3.63, 3.8) is 0 Å². The van der Waals surface area contributed by atoms with Gasteiger partial charge in [-0.3, -0.25) is 0 Å². The summed E-state index contributed by atoms with van der Waals surface area (Å²) in [6.07, 6.45) is 10.7. The van der Waals surface area contributed by atoms with Gasteiger partial charge in [0, 0.05) is 32.0 Å². The molecule has 1 aromatic heterocycles. The number of aromatic nitrogens is 2. The molecule has 1 fully saturated rings. The molecule has 2 heterocycles. The fourth-order valence-corrected chi connectivity index (χ4v) is 2.99.